The molecule has 1 heterocycles. The summed E-state index contributed by atoms with van der Waals surface area (Å²) in [5.41, 5.74) is 0. The second-order valence-corrected chi connectivity index (χ2v) is 4.03. The van der Waals surface area contributed by atoms with Gasteiger partial charge in [0.1, 0.15) is 0 Å². The van der Waals surface area contributed by atoms with Gasteiger partial charge in [0.2, 0.25) is 5.91 Å². The maximum atomic E-state index is 11.2. The SMILES string of the molecule is O=C(CCN1C(=O)C=CC1=O)NCCI. The number of imide groups is 1. The predicted molar refractivity (Wildman–Crippen MR) is 62.4 cm³/mol. The third kappa shape index (κ3) is 3.61. The highest BCUT2D eigenvalue weighted by molar-refractivity contribution is 14.1. The third-order valence-corrected chi connectivity index (χ3v) is 2.42. The lowest BCUT2D eigenvalue weighted by molar-refractivity contribution is -0.137. The first-order valence-electron chi connectivity index (χ1n) is 4.51. The van der Waals surface area contributed by atoms with Crippen LogP contribution in [-0.4, -0.2) is 40.1 Å². The van der Waals surface area contributed by atoms with Crippen LogP contribution in [0.3, 0.4) is 0 Å². The number of halogens is 1. The fourth-order valence-electron chi connectivity index (χ4n) is 1.14. The van der Waals surface area contributed by atoms with Crippen molar-refractivity contribution in [3.05, 3.63) is 12.2 Å². The second kappa shape index (κ2) is 5.84. The van der Waals surface area contributed by atoms with E-state index in [9.17, 15) is 14.4 Å². The number of nitrogens with zero attached hydrogens (tertiary/aromatic N) is 1. The molecule has 0 bridgehead atoms. The topological polar surface area (TPSA) is 66.5 Å². The minimum atomic E-state index is -0.346. The van der Waals surface area contributed by atoms with E-state index in [0.29, 0.717) is 6.54 Å². The molecule has 0 fully saturated rings. The molecule has 1 aliphatic heterocycles. The fraction of sp³-hybridized carbons (Fsp3) is 0.444. The van der Waals surface area contributed by atoms with E-state index in [4.69, 9.17) is 0 Å². The highest BCUT2D eigenvalue weighted by Crippen LogP contribution is 2.03. The van der Waals surface area contributed by atoms with Gasteiger partial charge in [-0.3, -0.25) is 19.3 Å². The summed E-state index contributed by atoms with van der Waals surface area (Å²) >= 11 is 2.15. The minimum Gasteiger partial charge on any atom is -0.355 e. The van der Waals surface area contributed by atoms with E-state index in [1.165, 1.54) is 12.2 Å². The molecule has 0 aromatic carbocycles. The first-order valence-corrected chi connectivity index (χ1v) is 6.04. The molecule has 0 aromatic heterocycles. The molecule has 5 nitrogen and oxygen atoms in total. The van der Waals surface area contributed by atoms with Crippen LogP contribution in [0.25, 0.3) is 0 Å². The molecule has 6 heteroatoms. The molecule has 0 saturated heterocycles. The van der Waals surface area contributed by atoms with Crippen LogP contribution in [0.15, 0.2) is 12.2 Å². The van der Waals surface area contributed by atoms with E-state index < -0.39 is 0 Å². The fourth-order valence-corrected chi connectivity index (χ4v) is 1.41. The zero-order valence-electron chi connectivity index (χ0n) is 8.03. The maximum absolute atomic E-state index is 11.2. The van der Waals surface area contributed by atoms with Crippen LogP contribution in [0, 0.1) is 0 Å². The van der Waals surface area contributed by atoms with Gasteiger partial charge >= 0.3 is 0 Å². The maximum Gasteiger partial charge on any atom is 0.253 e. The summed E-state index contributed by atoms with van der Waals surface area (Å²) < 4.78 is 0.840. The molecular formula is C9H11IN2O3. The van der Waals surface area contributed by atoms with Crippen molar-refractivity contribution >= 4 is 40.3 Å². The van der Waals surface area contributed by atoms with Crippen molar-refractivity contribution in [2.24, 2.45) is 0 Å². The Morgan fingerprint density at radius 1 is 1.33 bits per heavy atom. The van der Waals surface area contributed by atoms with E-state index >= 15 is 0 Å². The quantitative estimate of drug-likeness (QED) is 0.435. The zero-order chi connectivity index (χ0) is 11.3. The Morgan fingerprint density at radius 3 is 2.47 bits per heavy atom. The first-order chi connectivity index (χ1) is 7.15. The highest BCUT2D eigenvalue weighted by Gasteiger charge is 2.23. The summed E-state index contributed by atoms with van der Waals surface area (Å²) in [7, 11) is 0. The second-order valence-electron chi connectivity index (χ2n) is 2.95. The Kier molecular flexibility index (Phi) is 4.73. The van der Waals surface area contributed by atoms with Crippen molar-refractivity contribution in [3.8, 4) is 0 Å². The molecule has 0 atom stereocenters. The average Bonchev–Trinajstić information content (AvgIpc) is 2.53. The number of carbonyl (C=O) groups is 3. The monoisotopic (exact) mass is 322 g/mol. The summed E-state index contributed by atoms with van der Waals surface area (Å²) in [6, 6.07) is 0. The van der Waals surface area contributed by atoms with Gasteiger partial charge in [0.05, 0.1) is 0 Å². The Morgan fingerprint density at radius 2 is 1.93 bits per heavy atom. The van der Waals surface area contributed by atoms with Gasteiger partial charge in [-0.1, -0.05) is 22.6 Å². The van der Waals surface area contributed by atoms with Crippen molar-refractivity contribution in [1.29, 1.82) is 0 Å². The molecule has 82 valence electrons. The van der Waals surface area contributed by atoms with Crippen LogP contribution in [0.1, 0.15) is 6.42 Å². The van der Waals surface area contributed by atoms with Crippen molar-refractivity contribution in [2.75, 3.05) is 17.5 Å². The summed E-state index contributed by atoms with van der Waals surface area (Å²) in [4.78, 5) is 34.4. The van der Waals surface area contributed by atoms with Gasteiger partial charge in [-0.25, -0.2) is 0 Å². The largest absolute Gasteiger partial charge is 0.355 e. The van der Waals surface area contributed by atoms with E-state index in [-0.39, 0.29) is 30.7 Å². The van der Waals surface area contributed by atoms with E-state index in [2.05, 4.69) is 27.9 Å². The molecule has 0 saturated carbocycles. The Bertz CT molecular complexity index is 296. The number of hydrogen-bond donors (Lipinski definition) is 1. The van der Waals surface area contributed by atoms with Crippen LogP contribution < -0.4 is 5.32 Å². The Labute approximate surface area is 101 Å². The van der Waals surface area contributed by atoms with Crippen LogP contribution in [-0.2, 0) is 14.4 Å². The normalized spacial score (nSPS) is 14.9. The van der Waals surface area contributed by atoms with Gasteiger partial charge < -0.3 is 5.32 Å². The lowest BCUT2D eigenvalue weighted by Crippen LogP contribution is -2.35. The van der Waals surface area contributed by atoms with Crippen molar-refractivity contribution in [1.82, 2.24) is 10.2 Å². The van der Waals surface area contributed by atoms with Gasteiger partial charge in [0.25, 0.3) is 11.8 Å². The van der Waals surface area contributed by atoms with Crippen LogP contribution >= 0.6 is 22.6 Å². The van der Waals surface area contributed by atoms with Crippen molar-refractivity contribution < 1.29 is 14.4 Å². The number of alkyl halides is 1. The van der Waals surface area contributed by atoms with E-state index in [1.54, 1.807) is 0 Å². The van der Waals surface area contributed by atoms with Gasteiger partial charge in [0.15, 0.2) is 0 Å². The third-order valence-electron chi connectivity index (χ3n) is 1.88. The van der Waals surface area contributed by atoms with Crippen molar-refractivity contribution in [3.63, 3.8) is 0 Å². The Hall–Kier alpha value is -0.920. The summed E-state index contributed by atoms with van der Waals surface area (Å²) in [5, 5.41) is 2.67. The molecular weight excluding hydrogens is 311 g/mol. The van der Waals surface area contributed by atoms with Gasteiger partial charge in [-0.2, -0.15) is 0 Å². The summed E-state index contributed by atoms with van der Waals surface area (Å²) in [6.07, 6.45) is 2.59. The lowest BCUT2D eigenvalue weighted by Gasteiger charge is -2.12. The van der Waals surface area contributed by atoms with E-state index in [0.717, 1.165) is 9.33 Å². The molecule has 0 unspecified atom stereocenters. The lowest BCUT2D eigenvalue weighted by atomic mass is 10.3. The molecule has 1 N–H and O–H groups in total. The predicted octanol–water partition coefficient (Wildman–Crippen LogP) is -0.147. The number of carbonyl (C=O) groups excluding carboxylic acids is 3. The van der Waals surface area contributed by atoms with Gasteiger partial charge in [-0.05, 0) is 0 Å². The minimum absolute atomic E-state index is 0.140. The molecule has 1 rings (SSSR count). The molecule has 0 radical (unpaired) electrons. The number of hydrogen-bond acceptors (Lipinski definition) is 3. The average molecular weight is 322 g/mol. The highest BCUT2D eigenvalue weighted by atomic mass is 127. The van der Waals surface area contributed by atoms with Gasteiger partial charge in [-0.15, -0.1) is 0 Å². The van der Waals surface area contributed by atoms with Gasteiger partial charge in [0, 0.05) is 36.1 Å². The first kappa shape index (κ1) is 12.2. The molecule has 3 amide bonds. The standard InChI is InChI=1S/C9H11IN2O3/c10-4-5-11-7(13)3-6-12-8(14)1-2-9(12)15/h1-2H,3-6H2,(H,11,13). The number of rotatable bonds is 5. The van der Waals surface area contributed by atoms with Crippen LogP contribution in [0.2, 0.25) is 0 Å². The number of nitrogens with one attached hydrogen (secondary N) is 1. The van der Waals surface area contributed by atoms with Crippen molar-refractivity contribution in [2.45, 2.75) is 6.42 Å². The Balaban J connectivity index is 2.28. The molecule has 0 aliphatic carbocycles. The van der Waals surface area contributed by atoms with E-state index in [1.807, 2.05) is 0 Å². The molecule has 15 heavy (non-hydrogen) atoms. The smallest absolute Gasteiger partial charge is 0.253 e. The van der Waals surface area contributed by atoms with Crippen LogP contribution in [0.5, 0.6) is 0 Å². The van der Waals surface area contributed by atoms with Crippen LogP contribution in [0.4, 0.5) is 0 Å². The summed E-state index contributed by atoms with van der Waals surface area (Å²) in [5.74, 6) is -0.831. The zero-order valence-corrected chi connectivity index (χ0v) is 10.2. The summed E-state index contributed by atoms with van der Waals surface area (Å²) in [6.45, 7) is 0.761. The molecule has 0 aromatic rings. The molecule has 1 aliphatic rings. The molecule has 0 spiro atoms. The number of amides is 3.